The number of carbonyl (C=O) groups is 2. The van der Waals surface area contributed by atoms with E-state index in [4.69, 9.17) is 23.2 Å². The maximum atomic E-state index is 13.4. The fraction of sp³-hybridized carbons (Fsp3) is 0.391. The van der Waals surface area contributed by atoms with Gasteiger partial charge in [0.2, 0.25) is 21.8 Å². The predicted molar refractivity (Wildman–Crippen MR) is 133 cm³/mol. The lowest BCUT2D eigenvalue weighted by Gasteiger charge is -2.32. The van der Waals surface area contributed by atoms with E-state index in [2.05, 4.69) is 5.32 Å². The molecule has 2 aromatic rings. The van der Waals surface area contributed by atoms with Crippen molar-refractivity contribution in [2.75, 3.05) is 17.1 Å². The number of hydrogen-bond donors (Lipinski definition) is 1. The first-order valence-corrected chi connectivity index (χ1v) is 13.1. The van der Waals surface area contributed by atoms with Gasteiger partial charge in [0, 0.05) is 22.6 Å². The van der Waals surface area contributed by atoms with Crippen molar-refractivity contribution in [2.24, 2.45) is 0 Å². The second kappa shape index (κ2) is 11.7. The van der Waals surface area contributed by atoms with Crippen molar-refractivity contribution in [1.82, 2.24) is 10.2 Å². The Bertz CT molecular complexity index is 1060. The lowest BCUT2D eigenvalue weighted by Crippen LogP contribution is -2.52. The van der Waals surface area contributed by atoms with Gasteiger partial charge in [0.1, 0.15) is 12.6 Å². The third-order valence-corrected chi connectivity index (χ3v) is 6.76. The third kappa shape index (κ3) is 7.91. The largest absolute Gasteiger partial charge is 0.352 e. The highest BCUT2D eigenvalue weighted by Gasteiger charge is 2.30. The first kappa shape index (κ1) is 27.0. The summed E-state index contributed by atoms with van der Waals surface area (Å²) in [5.41, 5.74) is 0.977. The van der Waals surface area contributed by atoms with Crippen LogP contribution in [-0.2, 0) is 26.2 Å². The molecule has 0 unspecified atom stereocenters. The summed E-state index contributed by atoms with van der Waals surface area (Å²) in [5, 5.41) is 3.36. The van der Waals surface area contributed by atoms with Crippen molar-refractivity contribution in [1.29, 1.82) is 0 Å². The molecule has 0 saturated heterocycles. The van der Waals surface area contributed by atoms with Gasteiger partial charge in [-0.1, -0.05) is 60.5 Å². The summed E-state index contributed by atoms with van der Waals surface area (Å²) in [7, 11) is -3.85. The molecule has 2 aromatic carbocycles. The highest BCUT2D eigenvalue weighted by Crippen LogP contribution is 2.27. The number of sulfonamides is 1. The molecule has 0 saturated carbocycles. The highest BCUT2D eigenvalue weighted by atomic mass is 35.5. The number of carbonyl (C=O) groups excluding carboxylic acids is 2. The zero-order valence-corrected chi connectivity index (χ0v) is 21.4. The summed E-state index contributed by atoms with van der Waals surface area (Å²) in [6, 6.07) is 12.6. The van der Waals surface area contributed by atoms with Crippen molar-refractivity contribution in [2.45, 2.75) is 45.8 Å². The molecule has 1 N–H and O–H groups in total. The van der Waals surface area contributed by atoms with E-state index in [0.717, 1.165) is 22.5 Å². The van der Waals surface area contributed by atoms with Crippen LogP contribution >= 0.6 is 23.2 Å². The number of rotatable bonds is 10. The molecule has 7 nitrogen and oxygen atoms in total. The first-order valence-electron chi connectivity index (χ1n) is 10.5. The molecular weight excluding hydrogens is 485 g/mol. The zero-order valence-electron chi connectivity index (χ0n) is 19.1. The van der Waals surface area contributed by atoms with E-state index in [1.54, 1.807) is 6.92 Å². The monoisotopic (exact) mass is 513 g/mol. The number of nitrogens with zero attached hydrogens (tertiary/aromatic N) is 2. The molecule has 0 fully saturated rings. The number of nitrogens with one attached hydrogen (secondary N) is 1. The van der Waals surface area contributed by atoms with Gasteiger partial charge in [-0.25, -0.2) is 8.42 Å². The Morgan fingerprint density at radius 1 is 1.03 bits per heavy atom. The van der Waals surface area contributed by atoms with Gasteiger partial charge in [-0.05, 0) is 44.0 Å². The smallest absolute Gasteiger partial charge is 0.244 e. The van der Waals surface area contributed by atoms with Gasteiger partial charge >= 0.3 is 0 Å². The van der Waals surface area contributed by atoms with Crippen molar-refractivity contribution < 1.29 is 18.0 Å². The van der Waals surface area contributed by atoms with E-state index < -0.39 is 28.5 Å². The maximum absolute atomic E-state index is 13.4. The molecule has 33 heavy (non-hydrogen) atoms. The molecule has 0 bridgehead atoms. The Labute approximate surface area is 205 Å². The lowest BCUT2D eigenvalue weighted by molar-refractivity contribution is -0.139. The standard InChI is InChI=1S/C23H29Cl2N3O4S/c1-5-16(2)26-23(30)17(3)27(14-18-9-7-6-8-10-18)22(29)15-28(33(4,31)32)21-12-19(24)11-20(25)13-21/h6-13,16-17H,5,14-15H2,1-4H3,(H,26,30)/t16-,17+/m0/s1. The van der Waals surface area contributed by atoms with E-state index >= 15 is 0 Å². The lowest BCUT2D eigenvalue weighted by atomic mass is 10.1. The summed E-state index contributed by atoms with van der Waals surface area (Å²) >= 11 is 12.1. The second-order valence-corrected chi connectivity index (χ2v) is 10.7. The quantitative estimate of drug-likeness (QED) is 0.518. The Hall–Kier alpha value is -2.29. The summed E-state index contributed by atoms with van der Waals surface area (Å²) < 4.78 is 26.0. The summed E-state index contributed by atoms with van der Waals surface area (Å²) in [5.74, 6) is -0.850. The van der Waals surface area contributed by atoms with Crippen LogP contribution < -0.4 is 9.62 Å². The average molecular weight is 514 g/mol. The molecule has 180 valence electrons. The maximum Gasteiger partial charge on any atom is 0.244 e. The summed E-state index contributed by atoms with van der Waals surface area (Å²) in [4.78, 5) is 27.6. The van der Waals surface area contributed by atoms with Crippen LogP contribution in [0.3, 0.4) is 0 Å². The van der Waals surface area contributed by atoms with Gasteiger partial charge < -0.3 is 10.2 Å². The van der Waals surface area contributed by atoms with Gasteiger partial charge in [-0.15, -0.1) is 0 Å². The number of amides is 2. The van der Waals surface area contributed by atoms with Gasteiger partial charge in [-0.3, -0.25) is 13.9 Å². The van der Waals surface area contributed by atoms with Crippen molar-refractivity contribution in [3.63, 3.8) is 0 Å². The topological polar surface area (TPSA) is 86.8 Å². The minimum Gasteiger partial charge on any atom is -0.352 e. The first-order chi connectivity index (χ1) is 15.4. The molecule has 0 heterocycles. The van der Waals surface area contributed by atoms with E-state index in [-0.39, 0.29) is 34.2 Å². The molecule has 2 atom stereocenters. The van der Waals surface area contributed by atoms with Crippen LogP contribution in [0, 0.1) is 0 Å². The van der Waals surface area contributed by atoms with Crippen LogP contribution in [-0.4, -0.2) is 50.0 Å². The van der Waals surface area contributed by atoms with Crippen molar-refractivity contribution in [3.05, 3.63) is 64.1 Å². The van der Waals surface area contributed by atoms with Crippen LogP contribution in [0.2, 0.25) is 10.0 Å². The highest BCUT2D eigenvalue weighted by molar-refractivity contribution is 7.92. The van der Waals surface area contributed by atoms with E-state index in [0.29, 0.717) is 0 Å². The molecule has 2 amide bonds. The number of benzene rings is 2. The SMILES string of the molecule is CC[C@H](C)NC(=O)[C@@H](C)N(Cc1ccccc1)C(=O)CN(c1cc(Cl)cc(Cl)c1)S(C)(=O)=O. The molecule has 0 radical (unpaired) electrons. The Morgan fingerprint density at radius 3 is 2.12 bits per heavy atom. The fourth-order valence-corrected chi connectivity index (χ4v) is 4.47. The average Bonchev–Trinajstić information content (AvgIpc) is 2.74. The van der Waals surface area contributed by atoms with Crippen LogP contribution in [0.1, 0.15) is 32.8 Å². The zero-order chi connectivity index (χ0) is 24.8. The van der Waals surface area contributed by atoms with Crippen LogP contribution in [0.4, 0.5) is 5.69 Å². The molecule has 0 aliphatic carbocycles. The third-order valence-electron chi connectivity index (χ3n) is 5.18. The van der Waals surface area contributed by atoms with E-state index in [9.17, 15) is 18.0 Å². The molecule has 0 aromatic heterocycles. The van der Waals surface area contributed by atoms with E-state index in [1.807, 2.05) is 44.2 Å². The Kier molecular flexibility index (Phi) is 9.57. The molecule has 2 rings (SSSR count). The molecule has 10 heteroatoms. The number of halogens is 2. The van der Waals surface area contributed by atoms with Crippen molar-refractivity contribution >= 4 is 50.7 Å². The number of anilines is 1. The van der Waals surface area contributed by atoms with E-state index in [1.165, 1.54) is 23.1 Å². The summed E-state index contributed by atoms with van der Waals surface area (Å²) in [6.07, 6.45) is 1.73. The Balaban J connectivity index is 2.39. The Morgan fingerprint density at radius 2 is 1.61 bits per heavy atom. The molecule has 0 spiro atoms. The van der Waals surface area contributed by atoms with Gasteiger partial charge in [0.05, 0.1) is 11.9 Å². The van der Waals surface area contributed by atoms with Crippen LogP contribution in [0.15, 0.2) is 48.5 Å². The predicted octanol–water partition coefficient (Wildman–Crippen LogP) is 4.09. The molecular formula is C23H29Cl2N3O4S. The van der Waals surface area contributed by atoms with Gasteiger partial charge in [0.25, 0.3) is 0 Å². The fourth-order valence-electron chi connectivity index (χ4n) is 3.13. The van der Waals surface area contributed by atoms with Crippen LogP contribution in [0.25, 0.3) is 0 Å². The second-order valence-electron chi connectivity index (χ2n) is 7.90. The van der Waals surface area contributed by atoms with Crippen molar-refractivity contribution in [3.8, 4) is 0 Å². The molecule has 0 aliphatic rings. The number of hydrogen-bond acceptors (Lipinski definition) is 4. The minimum absolute atomic E-state index is 0.0604. The summed E-state index contributed by atoms with van der Waals surface area (Å²) in [6.45, 7) is 5.08. The normalized spacial score (nSPS) is 13.2. The minimum atomic E-state index is -3.85. The van der Waals surface area contributed by atoms with Gasteiger partial charge in [-0.2, -0.15) is 0 Å². The molecule has 0 aliphatic heterocycles. The van der Waals surface area contributed by atoms with Gasteiger partial charge in [0.15, 0.2) is 0 Å². The van der Waals surface area contributed by atoms with Crippen LogP contribution in [0.5, 0.6) is 0 Å².